The number of halogens is 2. The van der Waals surface area contributed by atoms with E-state index in [4.69, 9.17) is 10.5 Å². The zero-order chi connectivity index (χ0) is 14.7. The molecular weight excluding hydrogens is 327 g/mol. The summed E-state index contributed by atoms with van der Waals surface area (Å²) in [6, 6.07) is 8.99. The molecule has 104 valence electrons. The Labute approximate surface area is 123 Å². The molecule has 0 saturated heterocycles. The maximum atomic E-state index is 13.1. The van der Waals surface area contributed by atoms with E-state index in [9.17, 15) is 9.18 Å². The number of rotatable bonds is 3. The van der Waals surface area contributed by atoms with E-state index in [2.05, 4.69) is 21.2 Å². The van der Waals surface area contributed by atoms with Gasteiger partial charge in [0.2, 0.25) is 0 Å². The fraction of sp³-hybridized carbons (Fsp3) is 0.0714. The van der Waals surface area contributed by atoms with Crippen LogP contribution < -0.4 is 15.8 Å². The predicted molar refractivity (Wildman–Crippen MR) is 79.5 cm³/mol. The molecule has 0 aliphatic rings. The number of carbonyl (C=O) groups is 1. The van der Waals surface area contributed by atoms with Crippen LogP contribution in [0.1, 0.15) is 10.4 Å². The third-order valence-electron chi connectivity index (χ3n) is 2.68. The van der Waals surface area contributed by atoms with Gasteiger partial charge >= 0.3 is 0 Å². The third-order valence-corrected chi connectivity index (χ3v) is 3.29. The van der Waals surface area contributed by atoms with Crippen molar-refractivity contribution >= 4 is 33.2 Å². The zero-order valence-electron chi connectivity index (χ0n) is 10.6. The van der Waals surface area contributed by atoms with E-state index in [0.29, 0.717) is 22.7 Å². The highest BCUT2D eigenvalue weighted by Crippen LogP contribution is 2.23. The lowest BCUT2D eigenvalue weighted by Gasteiger charge is -2.09. The second kappa shape index (κ2) is 5.92. The number of nitrogens with one attached hydrogen (secondary N) is 1. The second-order valence-corrected chi connectivity index (χ2v) is 4.89. The van der Waals surface area contributed by atoms with Gasteiger partial charge < -0.3 is 15.8 Å². The van der Waals surface area contributed by atoms with Crippen LogP contribution in [0.15, 0.2) is 40.9 Å². The Morgan fingerprint density at radius 2 is 2.05 bits per heavy atom. The number of benzene rings is 2. The number of methoxy groups -OCH3 is 1. The largest absolute Gasteiger partial charge is 0.497 e. The number of anilines is 2. The van der Waals surface area contributed by atoms with Crippen LogP contribution in [0, 0.1) is 5.82 Å². The molecule has 0 saturated carbocycles. The van der Waals surface area contributed by atoms with Crippen LogP contribution in [0.3, 0.4) is 0 Å². The number of hydrogen-bond acceptors (Lipinski definition) is 3. The van der Waals surface area contributed by atoms with Gasteiger partial charge in [0, 0.05) is 17.4 Å². The van der Waals surface area contributed by atoms with Crippen molar-refractivity contribution in [3.8, 4) is 5.75 Å². The molecule has 0 aliphatic heterocycles. The van der Waals surface area contributed by atoms with Gasteiger partial charge in [0.1, 0.15) is 11.6 Å². The summed E-state index contributed by atoms with van der Waals surface area (Å²) in [6.07, 6.45) is 0. The number of hydrogen-bond donors (Lipinski definition) is 2. The number of ether oxygens (including phenoxy) is 1. The molecule has 0 unspecified atom stereocenters. The van der Waals surface area contributed by atoms with Gasteiger partial charge in [0.15, 0.2) is 0 Å². The number of nitrogens with two attached hydrogens (primary N) is 1. The lowest BCUT2D eigenvalue weighted by atomic mass is 10.1. The highest BCUT2D eigenvalue weighted by Gasteiger charge is 2.11. The van der Waals surface area contributed by atoms with E-state index in [1.54, 1.807) is 18.2 Å². The van der Waals surface area contributed by atoms with Crippen LogP contribution in [-0.2, 0) is 0 Å². The van der Waals surface area contributed by atoms with Crippen molar-refractivity contribution < 1.29 is 13.9 Å². The zero-order valence-corrected chi connectivity index (χ0v) is 12.2. The summed E-state index contributed by atoms with van der Waals surface area (Å²) in [5.41, 5.74) is 6.90. The van der Waals surface area contributed by atoms with Crippen LogP contribution in [0.25, 0.3) is 0 Å². The lowest BCUT2D eigenvalue weighted by molar-refractivity contribution is 0.102. The Balaban J connectivity index is 2.21. The van der Waals surface area contributed by atoms with Crippen molar-refractivity contribution in [2.24, 2.45) is 0 Å². The van der Waals surface area contributed by atoms with E-state index >= 15 is 0 Å². The Morgan fingerprint density at radius 1 is 1.30 bits per heavy atom. The molecule has 0 spiro atoms. The summed E-state index contributed by atoms with van der Waals surface area (Å²) in [7, 11) is 1.52. The first-order valence-electron chi connectivity index (χ1n) is 5.71. The molecule has 6 heteroatoms. The molecule has 0 radical (unpaired) electrons. The fourth-order valence-electron chi connectivity index (χ4n) is 1.65. The molecule has 1 amide bonds. The van der Waals surface area contributed by atoms with E-state index in [1.807, 2.05) is 0 Å². The van der Waals surface area contributed by atoms with Crippen molar-refractivity contribution in [3.05, 3.63) is 52.3 Å². The van der Waals surface area contributed by atoms with Gasteiger partial charge in [0.05, 0.1) is 17.1 Å². The van der Waals surface area contributed by atoms with Crippen LogP contribution in [0.5, 0.6) is 5.75 Å². The highest BCUT2D eigenvalue weighted by molar-refractivity contribution is 9.10. The molecule has 20 heavy (non-hydrogen) atoms. The molecule has 0 aliphatic carbocycles. The standard InChI is InChI=1S/C14H12BrFN2O2/c1-20-9-3-4-10(13(17)7-9)14(19)18-8-2-5-12(16)11(15)6-8/h2-7H,17H2,1H3,(H,18,19). The monoisotopic (exact) mass is 338 g/mol. The maximum Gasteiger partial charge on any atom is 0.257 e. The molecule has 0 bridgehead atoms. The van der Waals surface area contributed by atoms with E-state index in [-0.39, 0.29) is 10.4 Å². The lowest BCUT2D eigenvalue weighted by Crippen LogP contribution is -2.14. The summed E-state index contributed by atoms with van der Waals surface area (Å²) in [5.74, 6) is -0.195. The van der Waals surface area contributed by atoms with Gasteiger partial charge in [-0.25, -0.2) is 4.39 Å². The van der Waals surface area contributed by atoms with Crippen molar-refractivity contribution in [3.63, 3.8) is 0 Å². The molecule has 2 aromatic carbocycles. The third kappa shape index (κ3) is 3.08. The average molecular weight is 339 g/mol. The average Bonchev–Trinajstić information content (AvgIpc) is 2.42. The quantitative estimate of drug-likeness (QED) is 0.842. The Bertz CT molecular complexity index is 662. The van der Waals surface area contributed by atoms with Crippen LogP contribution in [0.4, 0.5) is 15.8 Å². The maximum absolute atomic E-state index is 13.1. The summed E-state index contributed by atoms with van der Waals surface area (Å²) < 4.78 is 18.4. The normalized spacial score (nSPS) is 10.2. The first-order valence-corrected chi connectivity index (χ1v) is 6.50. The number of carbonyl (C=O) groups excluding carboxylic acids is 1. The molecule has 4 nitrogen and oxygen atoms in total. The van der Waals surface area contributed by atoms with Gasteiger partial charge in [-0.15, -0.1) is 0 Å². The minimum Gasteiger partial charge on any atom is -0.497 e. The summed E-state index contributed by atoms with van der Waals surface area (Å²) in [4.78, 5) is 12.1. The van der Waals surface area contributed by atoms with Gasteiger partial charge in [-0.3, -0.25) is 4.79 Å². The topological polar surface area (TPSA) is 64.3 Å². The summed E-state index contributed by atoms with van der Waals surface area (Å²) in [6.45, 7) is 0. The van der Waals surface area contributed by atoms with Crippen molar-refractivity contribution in [2.75, 3.05) is 18.2 Å². The SMILES string of the molecule is COc1ccc(C(=O)Nc2ccc(F)c(Br)c2)c(N)c1. The van der Waals surface area contributed by atoms with Gasteiger partial charge in [-0.2, -0.15) is 0 Å². The second-order valence-electron chi connectivity index (χ2n) is 4.04. The first kappa shape index (κ1) is 14.3. The van der Waals surface area contributed by atoms with Gasteiger partial charge in [-0.05, 0) is 46.3 Å². The summed E-state index contributed by atoms with van der Waals surface area (Å²) >= 11 is 3.06. The van der Waals surface area contributed by atoms with Gasteiger partial charge in [-0.1, -0.05) is 0 Å². The smallest absolute Gasteiger partial charge is 0.257 e. The molecule has 0 aromatic heterocycles. The van der Waals surface area contributed by atoms with Crippen molar-refractivity contribution in [1.29, 1.82) is 0 Å². The molecule has 0 heterocycles. The van der Waals surface area contributed by atoms with Crippen molar-refractivity contribution in [1.82, 2.24) is 0 Å². The Kier molecular flexibility index (Phi) is 4.24. The van der Waals surface area contributed by atoms with Crippen LogP contribution >= 0.6 is 15.9 Å². The van der Waals surface area contributed by atoms with Gasteiger partial charge in [0.25, 0.3) is 5.91 Å². The molecule has 0 atom stereocenters. The predicted octanol–water partition coefficient (Wildman–Crippen LogP) is 3.43. The highest BCUT2D eigenvalue weighted by atomic mass is 79.9. The minimum absolute atomic E-state index is 0.276. The molecule has 2 aromatic rings. The van der Waals surface area contributed by atoms with Crippen LogP contribution in [-0.4, -0.2) is 13.0 Å². The van der Waals surface area contributed by atoms with E-state index in [0.717, 1.165) is 0 Å². The van der Waals surface area contributed by atoms with E-state index in [1.165, 1.54) is 25.3 Å². The molecule has 3 N–H and O–H groups in total. The Morgan fingerprint density at radius 3 is 2.65 bits per heavy atom. The van der Waals surface area contributed by atoms with Crippen LogP contribution in [0.2, 0.25) is 0 Å². The minimum atomic E-state index is -0.396. The Hall–Kier alpha value is -2.08. The number of nitrogen functional groups attached to an aromatic ring is 1. The van der Waals surface area contributed by atoms with E-state index < -0.39 is 5.82 Å². The molecule has 2 rings (SSSR count). The van der Waals surface area contributed by atoms with Crippen molar-refractivity contribution in [2.45, 2.75) is 0 Å². The first-order chi connectivity index (χ1) is 9.51. The summed E-state index contributed by atoms with van der Waals surface area (Å²) in [5, 5.41) is 2.65. The number of amides is 1. The fourth-order valence-corrected chi connectivity index (χ4v) is 2.03. The molecule has 0 fully saturated rings. The molecular formula is C14H12BrFN2O2.